The number of methoxy groups -OCH3 is 1. The monoisotopic (exact) mass is 368 g/mol. The number of ether oxygens (including phenoxy) is 1. The van der Waals surface area contributed by atoms with E-state index in [0.29, 0.717) is 24.4 Å². The maximum atomic E-state index is 14.2. The molecule has 1 fully saturated rings. The molecule has 0 radical (unpaired) electrons. The lowest BCUT2D eigenvalue weighted by Crippen LogP contribution is -2.24. The molecule has 0 unspecified atom stereocenters. The van der Waals surface area contributed by atoms with Crippen LogP contribution in [0.4, 0.5) is 17.6 Å². The number of carbonyl (C=O) groups excluding carboxylic acids is 1. The Balaban J connectivity index is 2.05. The van der Waals surface area contributed by atoms with Gasteiger partial charge < -0.3 is 4.74 Å². The Morgan fingerprint density at radius 3 is 2.54 bits per heavy atom. The number of benzene rings is 1. The highest BCUT2D eigenvalue weighted by atomic mass is 19.4. The molecule has 0 aliphatic heterocycles. The van der Waals surface area contributed by atoms with Gasteiger partial charge in [0.2, 0.25) is 0 Å². The fourth-order valence-electron chi connectivity index (χ4n) is 2.61. The SMILES string of the molecule is COc1ccc/c(=N\C(=O)c2cccc(C(F)(F)F)c2F)n1CC1CC1. The van der Waals surface area contributed by atoms with Crippen LogP contribution in [-0.4, -0.2) is 17.6 Å². The minimum absolute atomic E-state index is 0.207. The second-order valence-electron chi connectivity index (χ2n) is 6.06. The van der Waals surface area contributed by atoms with Crippen molar-refractivity contribution in [2.45, 2.75) is 25.6 Å². The van der Waals surface area contributed by atoms with E-state index in [1.165, 1.54) is 13.2 Å². The van der Waals surface area contributed by atoms with Gasteiger partial charge in [-0.2, -0.15) is 18.2 Å². The van der Waals surface area contributed by atoms with Crippen molar-refractivity contribution in [2.24, 2.45) is 10.9 Å². The molecule has 0 spiro atoms. The highest BCUT2D eigenvalue weighted by Gasteiger charge is 2.35. The summed E-state index contributed by atoms with van der Waals surface area (Å²) in [7, 11) is 1.47. The van der Waals surface area contributed by atoms with Crippen molar-refractivity contribution in [1.82, 2.24) is 4.57 Å². The molecule has 0 atom stereocenters. The van der Waals surface area contributed by atoms with Crippen LogP contribution < -0.4 is 10.2 Å². The Bertz CT molecular complexity index is 899. The van der Waals surface area contributed by atoms with E-state index >= 15 is 0 Å². The number of rotatable bonds is 4. The minimum Gasteiger partial charge on any atom is -0.482 e. The fraction of sp³-hybridized carbons (Fsp3) is 0.333. The molecule has 0 N–H and O–H groups in total. The van der Waals surface area contributed by atoms with Crippen molar-refractivity contribution in [3.63, 3.8) is 0 Å². The molecule has 3 rings (SSSR count). The van der Waals surface area contributed by atoms with Gasteiger partial charge in [-0.05, 0) is 43.0 Å². The number of alkyl halides is 3. The Labute approximate surface area is 146 Å². The van der Waals surface area contributed by atoms with Crippen LogP contribution in [-0.2, 0) is 12.7 Å². The molecular weight excluding hydrogens is 352 g/mol. The average Bonchev–Trinajstić information content (AvgIpc) is 3.39. The third-order valence-corrected chi connectivity index (χ3v) is 4.12. The minimum atomic E-state index is -4.89. The number of aromatic nitrogens is 1. The Morgan fingerprint density at radius 1 is 1.23 bits per heavy atom. The van der Waals surface area contributed by atoms with Gasteiger partial charge in [-0.1, -0.05) is 12.1 Å². The summed E-state index contributed by atoms with van der Waals surface area (Å²) >= 11 is 0. The van der Waals surface area contributed by atoms with Gasteiger partial charge in [0.25, 0.3) is 5.91 Å². The maximum Gasteiger partial charge on any atom is 0.419 e. The largest absolute Gasteiger partial charge is 0.482 e. The van der Waals surface area contributed by atoms with E-state index in [9.17, 15) is 22.4 Å². The molecule has 138 valence electrons. The zero-order valence-corrected chi connectivity index (χ0v) is 13.9. The topological polar surface area (TPSA) is 43.6 Å². The summed E-state index contributed by atoms with van der Waals surface area (Å²) in [5.74, 6) is -1.79. The molecule has 1 aliphatic carbocycles. The number of nitrogens with zero attached hydrogens (tertiary/aromatic N) is 2. The highest BCUT2D eigenvalue weighted by Crippen LogP contribution is 2.33. The summed E-state index contributed by atoms with van der Waals surface area (Å²) < 4.78 is 59.6. The van der Waals surface area contributed by atoms with Crippen molar-refractivity contribution in [2.75, 3.05) is 7.11 Å². The van der Waals surface area contributed by atoms with Crippen LogP contribution in [0.2, 0.25) is 0 Å². The maximum absolute atomic E-state index is 14.2. The quantitative estimate of drug-likeness (QED) is 0.771. The molecule has 2 aromatic rings. The highest BCUT2D eigenvalue weighted by molar-refractivity contribution is 5.95. The molecule has 0 bridgehead atoms. The van der Waals surface area contributed by atoms with Crippen molar-refractivity contribution in [3.05, 3.63) is 58.8 Å². The van der Waals surface area contributed by atoms with Crippen LogP contribution in [0, 0.1) is 11.7 Å². The van der Waals surface area contributed by atoms with Gasteiger partial charge in [-0.25, -0.2) is 4.39 Å². The summed E-state index contributed by atoms with van der Waals surface area (Å²) in [6.45, 7) is 0.571. The van der Waals surface area contributed by atoms with Gasteiger partial charge in [0, 0.05) is 6.54 Å². The smallest absolute Gasteiger partial charge is 0.419 e. The van der Waals surface area contributed by atoms with Crippen LogP contribution in [0.25, 0.3) is 0 Å². The molecule has 1 heterocycles. The summed E-state index contributed by atoms with van der Waals surface area (Å²) in [6.07, 6.45) is -2.80. The molecule has 1 saturated carbocycles. The number of halogens is 4. The number of pyridine rings is 1. The van der Waals surface area contributed by atoms with Crippen molar-refractivity contribution in [3.8, 4) is 5.88 Å². The van der Waals surface area contributed by atoms with E-state index in [4.69, 9.17) is 4.74 Å². The van der Waals surface area contributed by atoms with E-state index in [1.807, 2.05) is 0 Å². The first kappa shape index (κ1) is 18.2. The van der Waals surface area contributed by atoms with Gasteiger partial charge in [-0.15, -0.1) is 0 Å². The van der Waals surface area contributed by atoms with E-state index < -0.39 is 29.0 Å². The molecule has 1 amide bonds. The van der Waals surface area contributed by atoms with Gasteiger partial charge in [-0.3, -0.25) is 9.36 Å². The second kappa shape index (κ2) is 6.93. The predicted octanol–water partition coefficient (Wildman–Crippen LogP) is 3.81. The molecule has 0 saturated heterocycles. The van der Waals surface area contributed by atoms with Crippen molar-refractivity contribution in [1.29, 1.82) is 0 Å². The van der Waals surface area contributed by atoms with Crippen LogP contribution in [0.1, 0.15) is 28.8 Å². The molecule has 1 aromatic heterocycles. The lowest BCUT2D eigenvalue weighted by Gasteiger charge is -2.12. The standard InChI is InChI=1S/C18H16F4N2O2/c1-26-15-7-3-6-14(24(15)10-11-8-9-11)23-17(25)12-4-2-5-13(16(12)19)18(20,21)22/h2-7,11H,8-10H2,1H3/b23-14+. The van der Waals surface area contributed by atoms with Gasteiger partial charge in [0.05, 0.1) is 18.2 Å². The average molecular weight is 368 g/mol. The van der Waals surface area contributed by atoms with Gasteiger partial charge >= 0.3 is 6.18 Å². The lowest BCUT2D eigenvalue weighted by molar-refractivity contribution is -0.140. The van der Waals surface area contributed by atoms with E-state index in [2.05, 4.69) is 4.99 Å². The lowest BCUT2D eigenvalue weighted by atomic mass is 10.1. The third kappa shape index (κ3) is 3.79. The first-order chi connectivity index (χ1) is 12.3. The normalized spacial score (nSPS) is 15.2. The molecule has 4 nitrogen and oxygen atoms in total. The molecule has 8 heteroatoms. The Kier molecular flexibility index (Phi) is 4.84. The van der Waals surface area contributed by atoms with E-state index in [0.717, 1.165) is 25.0 Å². The molecule has 1 aromatic carbocycles. The summed E-state index contributed by atoms with van der Waals surface area (Å²) in [6, 6.07) is 7.40. The van der Waals surface area contributed by atoms with Crippen LogP contribution in [0.3, 0.4) is 0 Å². The zero-order valence-electron chi connectivity index (χ0n) is 13.9. The fourth-order valence-corrected chi connectivity index (χ4v) is 2.61. The van der Waals surface area contributed by atoms with Crippen LogP contribution in [0.5, 0.6) is 5.88 Å². The molecule has 26 heavy (non-hydrogen) atoms. The third-order valence-electron chi connectivity index (χ3n) is 4.12. The summed E-state index contributed by atoms with van der Waals surface area (Å²) in [4.78, 5) is 16.2. The number of carbonyl (C=O) groups is 1. The van der Waals surface area contributed by atoms with Crippen LogP contribution in [0.15, 0.2) is 41.4 Å². The molecule has 1 aliphatic rings. The second-order valence-corrected chi connectivity index (χ2v) is 6.06. The first-order valence-corrected chi connectivity index (χ1v) is 8.00. The molecular formula is C18H16F4N2O2. The predicted molar refractivity (Wildman–Crippen MR) is 85.0 cm³/mol. The summed E-state index contributed by atoms with van der Waals surface area (Å²) in [5.41, 5.74) is -2.01. The van der Waals surface area contributed by atoms with Crippen molar-refractivity contribution >= 4 is 5.91 Å². The Morgan fingerprint density at radius 2 is 1.92 bits per heavy atom. The van der Waals surface area contributed by atoms with Crippen molar-refractivity contribution < 1.29 is 27.1 Å². The number of amides is 1. The Hall–Kier alpha value is -2.64. The van der Waals surface area contributed by atoms with Crippen LogP contribution >= 0.6 is 0 Å². The first-order valence-electron chi connectivity index (χ1n) is 8.00. The van der Waals surface area contributed by atoms with Gasteiger partial charge in [0.1, 0.15) is 11.3 Å². The number of hydrogen-bond donors (Lipinski definition) is 0. The summed E-state index contributed by atoms with van der Waals surface area (Å²) in [5, 5.41) is 0. The van der Waals surface area contributed by atoms with E-state index in [1.54, 1.807) is 16.7 Å². The zero-order chi connectivity index (χ0) is 18.9. The van der Waals surface area contributed by atoms with Gasteiger partial charge in [0.15, 0.2) is 5.88 Å². The number of hydrogen-bond acceptors (Lipinski definition) is 2. The van der Waals surface area contributed by atoms with E-state index in [-0.39, 0.29) is 5.49 Å².